The van der Waals surface area contributed by atoms with Gasteiger partial charge in [-0.3, -0.25) is 9.89 Å². The van der Waals surface area contributed by atoms with E-state index >= 15 is 0 Å². The van der Waals surface area contributed by atoms with Crippen LogP contribution < -0.4 is 10.1 Å². The first kappa shape index (κ1) is 16.3. The molecule has 0 aliphatic rings. The summed E-state index contributed by atoms with van der Waals surface area (Å²) in [5, 5.41) is 18.8. The summed E-state index contributed by atoms with van der Waals surface area (Å²) in [6.07, 6.45) is 3.94. The number of aromatic amines is 1. The number of methoxy groups -OCH3 is 1. The van der Waals surface area contributed by atoms with Gasteiger partial charge in [0.15, 0.2) is 0 Å². The number of H-pyrrole nitrogens is 1. The van der Waals surface area contributed by atoms with E-state index in [1.165, 1.54) is 6.08 Å². The van der Waals surface area contributed by atoms with Gasteiger partial charge in [-0.25, -0.2) is 0 Å². The van der Waals surface area contributed by atoms with Crippen molar-refractivity contribution < 1.29 is 9.53 Å². The number of aromatic nitrogens is 2. The van der Waals surface area contributed by atoms with Crippen molar-refractivity contribution in [1.29, 1.82) is 5.26 Å². The van der Waals surface area contributed by atoms with Crippen LogP contribution in [0.1, 0.15) is 18.9 Å². The zero-order valence-corrected chi connectivity index (χ0v) is 13.1. The molecule has 0 aliphatic carbocycles. The predicted octanol–water partition coefficient (Wildman–Crippen LogP) is 2.52. The van der Waals surface area contributed by atoms with E-state index in [0.29, 0.717) is 12.1 Å². The Labute approximate surface area is 134 Å². The normalized spacial score (nSPS) is 10.9. The van der Waals surface area contributed by atoms with E-state index in [2.05, 4.69) is 15.5 Å². The van der Waals surface area contributed by atoms with E-state index < -0.39 is 0 Å². The summed E-state index contributed by atoms with van der Waals surface area (Å²) >= 11 is 0. The maximum absolute atomic E-state index is 11.9. The van der Waals surface area contributed by atoms with Gasteiger partial charge in [-0.15, -0.1) is 0 Å². The minimum absolute atomic E-state index is 0.0506. The van der Waals surface area contributed by atoms with E-state index in [9.17, 15) is 10.1 Å². The number of hydrogen-bond donors (Lipinski definition) is 2. The number of amides is 1. The molecule has 0 aliphatic heterocycles. The highest BCUT2D eigenvalue weighted by Crippen LogP contribution is 2.25. The summed E-state index contributed by atoms with van der Waals surface area (Å²) < 4.78 is 5.13. The van der Waals surface area contributed by atoms with Crippen LogP contribution in [0.3, 0.4) is 0 Å². The zero-order valence-electron chi connectivity index (χ0n) is 13.1. The highest BCUT2D eigenvalue weighted by Gasteiger charge is 2.12. The number of nitrogens with zero attached hydrogens (tertiary/aromatic N) is 2. The average Bonchev–Trinajstić information content (AvgIpc) is 3.05. The molecule has 6 heteroatoms. The minimum Gasteiger partial charge on any atom is -0.497 e. The van der Waals surface area contributed by atoms with Crippen molar-refractivity contribution in [3.05, 3.63) is 41.6 Å². The molecule has 0 spiro atoms. The lowest BCUT2D eigenvalue weighted by atomic mass is 10.1. The quantitative estimate of drug-likeness (QED) is 0.633. The Morgan fingerprint density at radius 2 is 2.17 bits per heavy atom. The SMILES string of the molecule is CCCNC(=O)/C(C#N)=C\c1cn[nH]c1-c1ccc(OC)cc1. The first-order valence-corrected chi connectivity index (χ1v) is 7.27. The van der Waals surface area contributed by atoms with Crippen molar-refractivity contribution in [2.75, 3.05) is 13.7 Å². The number of benzene rings is 1. The summed E-state index contributed by atoms with van der Waals surface area (Å²) in [6.45, 7) is 2.49. The maximum atomic E-state index is 11.9. The van der Waals surface area contributed by atoms with Gasteiger partial charge >= 0.3 is 0 Å². The molecule has 6 nitrogen and oxygen atoms in total. The number of hydrogen-bond acceptors (Lipinski definition) is 4. The van der Waals surface area contributed by atoms with Crippen LogP contribution in [0.25, 0.3) is 17.3 Å². The Balaban J connectivity index is 2.30. The van der Waals surface area contributed by atoms with Gasteiger partial charge in [0, 0.05) is 17.7 Å². The number of ether oxygens (including phenoxy) is 1. The molecule has 118 valence electrons. The number of carbonyl (C=O) groups excluding carboxylic acids is 1. The fourth-order valence-electron chi connectivity index (χ4n) is 2.03. The maximum Gasteiger partial charge on any atom is 0.261 e. The monoisotopic (exact) mass is 310 g/mol. The van der Waals surface area contributed by atoms with Gasteiger partial charge in [-0.05, 0) is 36.8 Å². The second kappa shape index (κ2) is 7.80. The molecule has 2 N–H and O–H groups in total. The summed E-state index contributed by atoms with van der Waals surface area (Å²) in [7, 11) is 1.60. The number of nitrogens with one attached hydrogen (secondary N) is 2. The molecule has 1 heterocycles. The van der Waals surface area contributed by atoms with Gasteiger partial charge in [0.1, 0.15) is 17.4 Å². The Morgan fingerprint density at radius 3 is 2.78 bits per heavy atom. The lowest BCUT2D eigenvalue weighted by Crippen LogP contribution is -2.25. The highest BCUT2D eigenvalue weighted by molar-refractivity contribution is 6.02. The molecule has 1 amide bonds. The van der Waals surface area contributed by atoms with Gasteiger partial charge in [0.2, 0.25) is 0 Å². The van der Waals surface area contributed by atoms with Crippen molar-refractivity contribution in [2.24, 2.45) is 0 Å². The van der Waals surface area contributed by atoms with Gasteiger partial charge in [-0.2, -0.15) is 10.4 Å². The van der Waals surface area contributed by atoms with Gasteiger partial charge < -0.3 is 10.1 Å². The van der Waals surface area contributed by atoms with Crippen LogP contribution in [0, 0.1) is 11.3 Å². The molecular formula is C17H18N4O2. The van der Waals surface area contributed by atoms with E-state index in [1.54, 1.807) is 13.3 Å². The first-order valence-electron chi connectivity index (χ1n) is 7.27. The summed E-state index contributed by atoms with van der Waals surface area (Å²) in [5.74, 6) is 0.373. The molecule has 0 bridgehead atoms. The fraction of sp³-hybridized carbons (Fsp3) is 0.235. The van der Waals surface area contributed by atoms with Crippen LogP contribution in [0.4, 0.5) is 0 Å². The lowest BCUT2D eigenvalue weighted by molar-refractivity contribution is -0.117. The van der Waals surface area contributed by atoms with Crippen LogP contribution in [-0.4, -0.2) is 29.8 Å². The molecule has 0 unspecified atom stereocenters. The van der Waals surface area contributed by atoms with E-state index in [0.717, 1.165) is 23.4 Å². The van der Waals surface area contributed by atoms with Crippen LogP contribution in [0.5, 0.6) is 5.75 Å². The zero-order chi connectivity index (χ0) is 16.7. The van der Waals surface area contributed by atoms with Gasteiger partial charge in [-0.1, -0.05) is 6.92 Å². The van der Waals surface area contributed by atoms with Crippen molar-refractivity contribution >= 4 is 12.0 Å². The van der Waals surface area contributed by atoms with E-state index in [4.69, 9.17) is 4.74 Å². The van der Waals surface area contributed by atoms with Crippen LogP contribution in [0.15, 0.2) is 36.0 Å². The van der Waals surface area contributed by atoms with Crippen LogP contribution in [0.2, 0.25) is 0 Å². The third-order valence-corrected chi connectivity index (χ3v) is 3.25. The van der Waals surface area contributed by atoms with Crippen molar-refractivity contribution in [1.82, 2.24) is 15.5 Å². The van der Waals surface area contributed by atoms with Crippen molar-refractivity contribution in [2.45, 2.75) is 13.3 Å². The van der Waals surface area contributed by atoms with Crippen molar-refractivity contribution in [3.63, 3.8) is 0 Å². The van der Waals surface area contributed by atoms with Crippen LogP contribution in [-0.2, 0) is 4.79 Å². The molecule has 1 aromatic heterocycles. The van der Waals surface area contributed by atoms with Gasteiger partial charge in [0.05, 0.1) is 19.0 Å². The molecule has 2 aromatic rings. The standard InChI is InChI=1S/C17H18N4O2/c1-3-8-19-17(22)13(10-18)9-14-11-20-21-16(14)12-4-6-15(23-2)7-5-12/h4-7,9,11H,3,8H2,1-2H3,(H,19,22)(H,20,21)/b13-9-. The molecule has 0 saturated carbocycles. The highest BCUT2D eigenvalue weighted by atomic mass is 16.5. The smallest absolute Gasteiger partial charge is 0.261 e. The Kier molecular flexibility index (Phi) is 5.53. The molecule has 2 rings (SSSR count). The fourth-order valence-corrected chi connectivity index (χ4v) is 2.03. The van der Waals surface area contributed by atoms with Gasteiger partial charge in [0.25, 0.3) is 5.91 Å². The van der Waals surface area contributed by atoms with E-state index in [1.807, 2.05) is 37.3 Å². The number of nitriles is 1. The van der Waals surface area contributed by atoms with Crippen LogP contribution >= 0.6 is 0 Å². The second-order valence-electron chi connectivity index (χ2n) is 4.85. The summed E-state index contributed by atoms with van der Waals surface area (Å²) in [4.78, 5) is 11.9. The number of rotatable bonds is 6. The molecule has 0 fully saturated rings. The first-order chi connectivity index (χ1) is 11.2. The predicted molar refractivity (Wildman–Crippen MR) is 87.5 cm³/mol. The minimum atomic E-state index is -0.378. The summed E-state index contributed by atoms with van der Waals surface area (Å²) in [6, 6.07) is 9.37. The molecular weight excluding hydrogens is 292 g/mol. The molecule has 0 atom stereocenters. The Bertz CT molecular complexity index is 739. The molecule has 0 saturated heterocycles. The largest absolute Gasteiger partial charge is 0.497 e. The van der Waals surface area contributed by atoms with E-state index in [-0.39, 0.29) is 11.5 Å². The average molecular weight is 310 g/mol. The number of carbonyl (C=O) groups is 1. The Morgan fingerprint density at radius 1 is 1.43 bits per heavy atom. The third-order valence-electron chi connectivity index (χ3n) is 3.25. The molecule has 0 radical (unpaired) electrons. The third kappa shape index (κ3) is 3.98. The lowest BCUT2D eigenvalue weighted by Gasteiger charge is -2.04. The molecule has 1 aromatic carbocycles. The van der Waals surface area contributed by atoms with Crippen molar-refractivity contribution in [3.8, 4) is 23.1 Å². The topological polar surface area (TPSA) is 90.8 Å². The second-order valence-corrected chi connectivity index (χ2v) is 4.85. The summed E-state index contributed by atoms with van der Waals surface area (Å²) in [5.41, 5.74) is 2.36. The molecule has 23 heavy (non-hydrogen) atoms. The Hall–Kier alpha value is -3.07.